The topological polar surface area (TPSA) is 101 Å². The van der Waals surface area contributed by atoms with Crippen molar-refractivity contribution in [3.63, 3.8) is 0 Å². The lowest BCUT2D eigenvalue weighted by molar-refractivity contribution is 0.0509. The Kier molecular flexibility index (Phi) is 6.00. The molecule has 0 aliphatic heterocycles. The smallest absolute Gasteiger partial charge is 0.338 e. The van der Waals surface area contributed by atoms with Crippen LogP contribution < -0.4 is 4.72 Å². The number of nitrogens with one attached hydrogen (secondary N) is 2. The molecule has 0 spiro atoms. The zero-order chi connectivity index (χ0) is 17.7. The molecule has 0 aliphatic carbocycles. The van der Waals surface area contributed by atoms with E-state index < -0.39 is 21.2 Å². The summed E-state index contributed by atoms with van der Waals surface area (Å²) < 4.78 is 32.3. The van der Waals surface area contributed by atoms with Gasteiger partial charge >= 0.3 is 5.97 Å². The summed E-state index contributed by atoms with van der Waals surface area (Å²) in [4.78, 5) is 11.9. The summed E-state index contributed by atoms with van der Waals surface area (Å²) >= 11 is 3.30. The third kappa shape index (κ3) is 4.81. The molecule has 0 radical (unpaired) electrons. The van der Waals surface area contributed by atoms with Crippen LogP contribution in [0.25, 0.3) is 0 Å². The van der Waals surface area contributed by atoms with Gasteiger partial charge in [0.2, 0.25) is 10.0 Å². The van der Waals surface area contributed by atoms with Gasteiger partial charge in [0.25, 0.3) is 0 Å². The van der Waals surface area contributed by atoms with Gasteiger partial charge in [-0.3, -0.25) is 9.82 Å². The number of carbonyl (C=O) groups is 1. The Morgan fingerprint density at radius 3 is 2.62 bits per heavy atom. The highest BCUT2D eigenvalue weighted by molar-refractivity contribution is 9.10. The van der Waals surface area contributed by atoms with Gasteiger partial charge in [0.05, 0.1) is 23.6 Å². The SMILES string of the molecule is CC(C)S(=O)(=O)Nc1[nH]ncc1CCOC(=O)c1ccc(Br)cc1. The van der Waals surface area contributed by atoms with E-state index >= 15 is 0 Å². The molecular formula is C15H18BrN3O4S. The molecule has 2 aromatic rings. The number of ether oxygens (including phenoxy) is 1. The lowest BCUT2D eigenvalue weighted by Crippen LogP contribution is -2.23. The number of hydrogen-bond donors (Lipinski definition) is 2. The number of nitrogens with zero attached hydrogens (tertiary/aromatic N) is 1. The fourth-order valence-corrected chi connectivity index (χ4v) is 2.73. The quantitative estimate of drug-likeness (QED) is 0.676. The molecular weight excluding hydrogens is 398 g/mol. The van der Waals surface area contributed by atoms with Crippen LogP contribution in [0.5, 0.6) is 0 Å². The number of hydrogen-bond acceptors (Lipinski definition) is 5. The zero-order valence-electron chi connectivity index (χ0n) is 13.2. The van der Waals surface area contributed by atoms with E-state index in [1.807, 2.05) is 0 Å². The first-order valence-electron chi connectivity index (χ1n) is 7.26. The molecule has 9 heteroatoms. The van der Waals surface area contributed by atoms with Crippen LogP contribution in [0.4, 0.5) is 5.82 Å². The van der Waals surface area contributed by atoms with Crippen molar-refractivity contribution in [2.75, 3.05) is 11.3 Å². The molecule has 2 rings (SSSR count). The predicted octanol–water partition coefficient (Wildman–Crippen LogP) is 2.72. The van der Waals surface area contributed by atoms with Crippen LogP contribution in [0, 0.1) is 0 Å². The summed E-state index contributed by atoms with van der Waals surface area (Å²) in [5.41, 5.74) is 1.08. The summed E-state index contributed by atoms with van der Waals surface area (Å²) in [5, 5.41) is 5.87. The normalized spacial score (nSPS) is 11.5. The van der Waals surface area contributed by atoms with Crippen LogP contribution in [0.3, 0.4) is 0 Å². The molecule has 0 aliphatic rings. The van der Waals surface area contributed by atoms with E-state index in [0.717, 1.165) is 4.47 Å². The molecule has 1 heterocycles. The van der Waals surface area contributed by atoms with Gasteiger partial charge < -0.3 is 4.74 Å². The minimum Gasteiger partial charge on any atom is -0.462 e. The zero-order valence-corrected chi connectivity index (χ0v) is 15.6. The van der Waals surface area contributed by atoms with Crippen molar-refractivity contribution in [1.82, 2.24) is 10.2 Å². The van der Waals surface area contributed by atoms with Gasteiger partial charge in [0, 0.05) is 16.5 Å². The maximum absolute atomic E-state index is 11.9. The van der Waals surface area contributed by atoms with Crippen molar-refractivity contribution in [2.24, 2.45) is 0 Å². The third-order valence-corrected chi connectivity index (χ3v) is 5.53. The molecule has 2 N–H and O–H groups in total. The highest BCUT2D eigenvalue weighted by atomic mass is 79.9. The third-order valence-electron chi connectivity index (χ3n) is 3.27. The summed E-state index contributed by atoms with van der Waals surface area (Å²) in [5.74, 6) is -0.140. The molecule has 24 heavy (non-hydrogen) atoms. The van der Waals surface area contributed by atoms with Gasteiger partial charge in [-0.05, 0) is 38.1 Å². The highest BCUT2D eigenvalue weighted by Crippen LogP contribution is 2.16. The molecule has 0 fully saturated rings. The first-order valence-corrected chi connectivity index (χ1v) is 9.60. The Bertz CT molecular complexity index is 800. The van der Waals surface area contributed by atoms with E-state index in [1.165, 1.54) is 6.20 Å². The molecule has 0 atom stereocenters. The first-order chi connectivity index (χ1) is 11.3. The minimum absolute atomic E-state index is 0.116. The monoisotopic (exact) mass is 415 g/mol. The lowest BCUT2D eigenvalue weighted by Gasteiger charge is -2.10. The van der Waals surface area contributed by atoms with Crippen molar-refractivity contribution in [2.45, 2.75) is 25.5 Å². The Morgan fingerprint density at radius 2 is 2.00 bits per heavy atom. The molecule has 130 valence electrons. The Morgan fingerprint density at radius 1 is 1.33 bits per heavy atom. The summed E-state index contributed by atoms with van der Waals surface area (Å²) in [6.07, 6.45) is 1.85. The molecule has 0 amide bonds. The number of sulfonamides is 1. The van der Waals surface area contributed by atoms with Gasteiger partial charge in [-0.2, -0.15) is 5.10 Å². The van der Waals surface area contributed by atoms with Gasteiger partial charge in [-0.1, -0.05) is 15.9 Å². The van der Waals surface area contributed by atoms with Crippen LogP contribution in [0.15, 0.2) is 34.9 Å². The number of benzene rings is 1. The van der Waals surface area contributed by atoms with E-state index in [0.29, 0.717) is 23.4 Å². The second-order valence-corrected chi connectivity index (χ2v) is 8.51. The van der Waals surface area contributed by atoms with Gasteiger partial charge in [0.15, 0.2) is 0 Å². The van der Waals surface area contributed by atoms with E-state index in [-0.39, 0.29) is 6.61 Å². The predicted molar refractivity (Wildman–Crippen MR) is 94.4 cm³/mol. The number of esters is 1. The summed E-state index contributed by atoms with van der Waals surface area (Å²) in [6, 6.07) is 6.83. The summed E-state index contributed by atoms with van der Waals surface area (Å²) in [6.45, 7) is 3.28. The average molecular weight is 416 g/mol. The molecule has 0 unspecified atom stereocenters. The van der Waals surface area contributed by atoms with E-state index in [1.54, 1.807) is 38.1 Å². The van der Waals surface area contributed by atoms with Gasteiger partial charge in [-0.25, -0.2) is 13.2 Å². The van der Waals surface area contributed by atoms with Gasteiger partial charge in [0.1, 0.15) is 5.82 Å². The van der Waals surface area contributed by atoms with Crippen LogP contribution in [0.1, 0.15) is 29.8 Å². The number of carbonyl (C=O) groups excluding carboxylic acids is 1. The number of anilines is 1. The van der Waals surface area contributed by atoms with Crippen LogP contribution in [0.2, 0.25) is 0 Å². The van der Waals surface area contributed by atoms with Crippen molar-refractivity contribution in [3.8, 4) is 0 Å². The second kappa shape index (κ2) is 7.80. The second-order valence-electron chi connectivity index (χ2n) is 5.36. The minimum atomic E-state index is -3.47. The number of rotatable bonds is 7. The van der Waals surface area contributed by atoms with Crippen molar-refractivity contribution >= 4 is 37.7 Å². The maximum Gasteiger partial charge on any atom is 0.338 e. The van der Waals surface area contributed by atoms with Crippen LogP contribution in [-0.2, 0) is 21.2 Å². The average Bonchev–Trinajstić information content (AvgIpc) is 2.94. The largest absolute Gasteiger partial charge is 0.462 e. The Balaban J connectivity index is 1.93. The Hall–Kier alpha value is -1.87. The molecule has 0 saturated heterocycles. The lowest BCUT2D eigenvalue weighted by atomic mass is 10.2. The molecule has 0 bridgehead atoms. The summed E-state index contributed by atoms with van der Waals surface area (Å²) in [7, 11) is -3.47. The number of aromatic amines is 1. The van der Waals surface area contributed by atoms with Crippen LogP contribution >= 0.6 is 15.9 Å². The van der Waals surface area contributed by atoms with Gasteiger partial charge in [-0.15, -0.1) is 0 Å². The van der Waals surface area contributed by atoms with Crippen LogP contribution in [-0.4, -0.2) is 36.4 Å². The molecule has 7 nitrogen and oxygen atoms in total. The van der Waals surface area contributed by atoms with Crippen molar-refractivity contribution in [3.05, 3.63) is 46.1 Å². The van der Waals surface area contributed by atoms with E-state index in [9.17, 15) is 13.2 Å². The van der Waals surface area contributed by atoms with E-state index in [2.05, 4.69) is 30.8 Å². The fourth-order valence-electron chi connectivity index (χ4n) is 1.77. The first kappa shape index (κ1) is 18.5. The Labute approximate surface area is 149 Å². The number of H-pyrrole nitrogens is 1. The molecule has 0 saturated carbocycles. The van der Waals surface area contributed by atoms with E-state index in [4.69, 9.17) is 4.74 Å². The highest BCUT2D eigenvalue weighted by Gasteiger charge is 2.18. The molecule has 1 aromatic carbocycles. The maximum atomic E-state index is 11.9. The fraction of sp³-hybridized carbons (Fsp3) is 0.333. The number of aromatic nitrogens is 2. The van der Waals surface area contributed by atoms with Crippen molar-refractivity contribution in [1.29, 1.82) is 0 Å². The van der Waals surface area contributed by atoms with Crippen molar-refractivity contribution < 1.29 is 17.9 Å². The number of halogens is 1. The standard InChI is InChI=1S/C15H18BrN3O4S/c1-10(2)24(21,22)19-14-12(9-17-18-14)7-8-23-15(20)11-3-5-13(16)6-4-11/h3-6,9-10H,7-8H2,1-2H3,(H2,17,18,19). The molecule has 1 aromatic heterocycles.